The summed E-state index contributed by atoms with van der Waals surface area (Å²) in [5.74, 6) is 0.845. The predicted octanol–water partition coefficient (Wildman–Crippen LogP) is 3.98. The zero-order valence-corrected chi connectivity index (χ0v) is 17.8. The summed E-state index contributed by atoms with van der Waals surface area (Å²) < 4.78 is 15.9. The van der Waals surface area contributed by atoms with Gasteiger partial charge in [0, 0.05) is 5.56 Å². The Morgan fingerprint density at radius 1 is 1.00 bits per heavy atom. The highest BCUT2D eigenvalue weighted by Gasteiger charge is 2.17. The van der Waals surface area contributed by atoms with Crippen LogP contribution in [0.2, 0.25) is 0 Å². The van der Waals surface area contributed by atoms with E-state index in [1.165, 1.54) is 0 Å². The largest absolute Gasteiger partial charge is 0.465 e. The summed E-state index contributed by atoms with van der Waals surface area (Å²) in [7, 11) is 0. The Morgan fingerprint density at radius 3 is 2.61 bits per heavy atom. The van der Waals surface area contributed by atoms with E-state index in [0.717, 1.165) is 0 Å². The maximum absolute atomic E-state index is 12.9. The van der Waals surface area contributed by atoms with Gasteiger partial charge in [-0.2, -0.15) is 5.10 Å². The summed E-state index contributed by atoms with van der Waals surface area (Å²) in [5, 5.41) is 6.74. The van der Waals surface area contributed by atoms with Gasteiger partial charge in [-0.25, -0.2) is 5.43 Å². The van der Waals surface area contributed by atoms with Gasteiger partial charge in [-0.3, -0.25) is 9.59 Å². The van der Waals surface area contributed by atoms with Crippen molar-refractivity contribution < 1.29 is 23.5 Å². The molecular weight excluding hydrogens is 422 g/mol. The van der Waals surface area contributed by atoms with Crippen LogP contribution in [-0.2, 0) is 4.79 Å². The molecule has 0 aliphatic carbocycles. The van der Waals surface area contributed by atoms with Gasteiger partial charge >= 0.3 is 0 Å². The average Bonchev–Trinajstić information content (AvgIpc) is 3.53. The Balaban J connectivity index is 1.54. The van der Waals surface area contributed by atoms with Crippen molar-refractivity contribution in [1.82, 2.24) is 10.7 Å². The van der Waals surface area contributed by atoms with E-state index in [1.807, 2.05) is 0 Å². The molecule has 0 atom stereocenters. The van der Waals surface area contributed by atoms with Crippen LogP contribution in [-0.4, -0.2) is 24.3 Å². The van der Waals surface area contributed by atoms with Crippen molar-refractivity contribution >= 4 is 29.7 Å². The smallest absolute Gasteiger partial charge is 0.287 e. The molecule has 1 aliphatic rings. The number of hydrogen-bond acceptors (Lipinski definition) is 6. The molecule has 0 saturated carbocycles. The number of ether oxygens (including phenoxy) is 2. The van der Waals surface area contributed by atoms with E-state index in [0.29, 0.717) is 34.1 Å². The zero-order valence-electron chi connectivity index (χ0n) is 17.8. The molecule has 1 aromatic heterocycles. The maximum Gasteiger partial charge on any atom is 0.287 e. The van der Waals surface area contributed by atoms with Crippen molar-refractivity contribution in [2.24, 2.45) is 5.10 Å². The lowest BCUT2D eigenvalue weighted by molar-refractivity contribution is -0.117. The topological polar surface area (TPSA) is 102 Å². The summed E-state index contributed by atoms with van der Waals surface area (Å²) in [6, 6.07) is 17.4. The van der Waals surface area contributed by atoms with Gasteiger partial charge in [0.15, 0.2) is 11.5 Å². The van der Waals surface area contributed by atoms with Crippen LogP contribution in [0.3, 0.4) is 0 Å². The molecule has 2 heterocycles. The predicted molar refractivity (Wildman–Crippen MR) is 123 cm³/mol. The molecule has 0 radical (unpaired) electrons. The number of rotatable bonds is 7. The Morgan fingerprint density at radius 2 is 1.82 bits per heavy atom. The monoisotopic (exact) mass is 443 g/mol. The summed E-state index contributed by atoms with van der Waals surface area (Å²) in [5.41, 5.74) is 4.10. The van der Waals surface area contributed by atoms with Crippen LogP contribution < -0.4 is 20.2 Å². The number of amides is 2. The van der Waals surface area contributed by atoms with Crippen LogP contribution >= 0.6 is 0 Å². The van der Waals surface area contributed by atoms with Gasteiger partial charge in [-0.15, -0.1) is 0 Å². The van der Waals surface area contributed by atoms with E-state index >= 15 is 0 Å². The first-order chi connectivity index (χ1) is 16.1. The van der Waals surface area contributed by atoms with E-state index in [4.69, 9.17) is 13.9 Å². The van der Waals surface area contributed by atoms with Gasteiger partial charge in [0.2, 0.25) is 6.79 Å². The van der Waals surface area contributed by atoms with E-state index in [1.54, 1.807) is 92.1 Å². The summed E-state index contributed by atoms with van der Waals surface area (Å²) >= 11 is 0. The molecule has 0 fully saturated rings. The van der Waals surface area contributed by atoms with Crippen molar-refractivity contribution in [3.05, 3.63) is 95.6 Å². The summed E-state index contributed by atoms with van der Waals surface area (Å²) in [6.45, 7) is 1.86. The van der Waals surface area contributed by atoms with Gasteiger partial charge in [-0.05, 0) is 67.1 Å². The minimum Gasteiger partial charge on any atom is -0.465 e. The molecule has 2 amide bonds. The fourth-order valence-electron chi connectivity index (χ4n) is 2.94. The third-order valence-corrected chi connectivity index (χ3v) is 4.60. The number of carbonyl (C=O) groups excluding carboxylic acids is 2. The molecule has 0 bridgehead atoms. The molecule has 33 heavy (non-hydrogen) atoms. The number of carbonyl (C=O) groups is 2. The number of fused-ring (bicyclic) bond motifs is 1. The van der Waals surface area contributed by atoms with Crippen LogP contribution in [0.15, 0.2) is 88.2 Å². The van der Waals surface area contributed by atoms with E-state index in [9.17, 15) is 9.59 Å². The second kappa shape index (κ2) is 10.1. The van der Waals surface area contributed by atoms with Crippen LogP contribution in [0, 0.1) is 0 Å². The SMILES string of the molecule is CC(/C=C/c1ccco1)=N/NC(=O)/C(=C/c1ccc2c(c1)OCO2)NC(=O)c1ccccc1. The number of benzene rings is 2. The van der Waals surface area contributed by atoms with Crippen molar-refractivity contribution in [3.63, 3.8) is 0 Å². The quantitative estimate of drug-likeness (QED) is 0.327. The zero-order chi connectivity index (χ0) is 23.0. The third kappa shape index (κ3) is 5.76. The van der Waals surface area contributed by atoms with Crippen molar-refractivity contribution in [2.75, 3.05) is 6.79 Å². The molecule has 3 aromatic rings. The summed E-state index contributed by atoms with van der Waals surface area (Å²) in [4.78, 5) is 25.6. The van der Waals surface area contributed by atoms with Gasteiger partial charge < -0.3 is 19.2 Å². The minimum atomic E-state index is -0.581. The maximum atomic E-state index is 12.9. The molecule has 0 unspecified atom stereocenters. The average molecular weight is 443 g/mol. The molecule has 1 aliphatic heterocycles. The molecule has 0 saturated heterocycles. The van der Waals surface area contributed by atoms with Gasteiger partial charge in [0.05, 0.1) is 12.0 Å². The van der Waals surface area contributed by atoms with Crippen molar-refractivity contribution in [1.29, 1.82) is 0 Å². The second-order valence-electron chi connectivity index (χ2n) is 7.03. The first-order valence-corrected chi connectivity index (χ1v) is 10.1. The minimum absolute atomic E-state index is 0.0225. The van der Waals surface area contributed by atoms with Crippen LogP contribution in [0.5, 0.6) is 11.5 Å². The third-order valence-electron chi connectivity index (χ3n) is 4.60. The first-order valence-electron chi connectivity index (χ1n) is 10.1. The lowest BCUT2D eigenvalue weighted by Crippen LogP contribution is -2.33. The fraction of sp³-hybridized carbons (Fsp3) is 0.0800. The van der Waals surface area contributed by atoms with Gasteiger partial charge in [0.25, 0.3) is 11.8 Å². The number of hydrazone groups is 1. The van der Waals surface area contributed by atoms with Crippen LogP contribution in [0.1, 0.15) is 28.6 Å². The number of allylic oxidation sites excluding steroid dienone is 1. The number of hydrogen-bond donors (Lipinski definition) is 2. The van der Waals surface area contributed by atoms with E-state index < -0.39 is 11.8 Å². The molecule has 8 heteroatoms. The second-order valence-corrected chi connectivity index (χ2v) is 7.03. The van der Waals surface area contributed by atoms with E-state index in [-0.39, 0.29) is 12.5 Å². The molecule has 4 rings (SSSR count). The number of nitrogens with one attached hydrogen (secondary N) is 2. The molecule has 166 valence electrons. The van der Waals surface area contributed by atoms with Crippen molar-refractivity contribution in [2.45, 2.75) is 6.92 Å². The molecule has 2 aromatic carbocycles. The standard InChI is InChI=1S/C25H21N3O5/c1-17(9-11-20-8-5-13-31-20)27-28-25(30)21(26-24(29)19-6-3-2-4-7-19)14-18-10-12-22-23(15-18)33-16-32-22/h2-15H,16H2,1H3,(H,26,29)(H,28,30)/b11-9+,21-14-,27-17-. The Bertz CT molecular complexity index is 1230. The first kappa shape index (κ1) is 21.6. The highest BCUT2D eigenvalue weighted by atomic mass is 16.7. The van der Waals surface area contributed by atoms with Crippen molar-refractivity contribution in [3.8, 4) is 11.5 Å². The molecule has 0 spiro atoms. The fourth-order valence-corrected chi connectivity index (χ4v) is 2.94. The normalized spacial score (nSPS) is 13.2. The van der Waals surface area contributed by atoms with Crippen LogP contribution in [0.4, 0.5) is 0 Å². The van der Waals surface area contributed by atoms with Crippen LogP contribution in [0.25, 0.3) is 12.2 Å². The number of furan rings is 1. The Labute approximate surface area is 190 Å². The Hall–Kier alpha value is -4.59. The number of nitrogens with zero attached hydrogens (tertiary/aromatic N) is 1. The van der Waals surface area contributed by atoms with E-state index in [2.05, 4.69) is 15.8 Å². The molecular formula is C25H21N3O5. The lowest BCUT2D eigenvalue weighted by Gasteiger charge is -2.10. The molecule has 2 N–H and O–H groups in total. The van der Waals surface area contributed by atoms with Gasteiger partial charge in [-0.1, -0.05) is 24.3 Å². The Kier molecular flexibility index (Phi) is 6.65. The summed E-state index contributed by atoms with van der Waals surface area (Å²) in [6.07, 6.45) is 6.53. The van der Waals surface area contributed by atoms with Gasteiger partial charge in [0.1, 0.15) is 11.5 Å². The highest BCUT2D eigenvalue weighted by Crippen LogP contribution is 2.33. The highest BCUT2D eigenvalue weighted by molar-refractivity contribution is 6.06. The molecule has 8 nitrogen and oxygen atoms in total. The lowest BCUT2D eigenvalue weighted by atomic mass is 10.1.